The van der Waals surface area contributed by atoms with E-state index in [1.807, 2.05) is 0 Å². The zero-order valence-electron chi connectivity index (χ0n) is 4.69. The number of hydrogen-bond acceptors (Lipinski definition) is 2. The Bertz CT molecular complexity index is 15.5. The van der Waals surface area contributed by atoms with E-state index in [1.54, 1.807) is 7.11 Å². The van der Waals surface area contributed by atoms with Crippen molar-refractivity contribution in [1.29, 1.82) is 0 Å². The van der Waals surface area contributed by atoms with Crippen molar-refractivity contribution in [3.05, 3.63) is 0 Å². The number of rotatable bonds is 1. The molecule has 0 amide bonds. The van der Waals surface area contributed by atoms with Crippen LogP contribution in [0.15, 0.2) is 0 Å². The Hall–Kier alpha value is 0.517. The van der Waals surface area contributed by atoms with Crippen molar-refractivity contribution >= 4 is 0 Å². The van der Waals surface area contributed by atoms with Crippen LogP contribution in [0.3, 0.4) is 0 Å². The first-order valence-corrected chi connectivity index (χ1v) is 1.11. The van der Waals surface area contributed by atoms with Crippen molar-refractivity contribution in [2.24, 2.45) is 5.73 Å². The van der Waals surface area contributed by atoms with E-state index in [-0.39, 0.29) is 20.3 Å². The summed E-state index contributed by atoms with van der Waals surface area (Å²) < 4.78 is 4.32. The molecule has 0 aromatic rings. The molecule has 0 atom stereocenters. The van der Waals surface area contributed by atoms with Gasteiger partial charge in [-0.25, -0.2) is 0 Å². The van der Waals surface area contributed by atoms with Crippen molar-refractivity contribution < 1.29 is 25.0 Å². The molecule has 0 saturated carbocycles. The topological polar surface area (TPSA) is 35.2 Å². The molecule has 3 heteroatoms. The molecule has 0 unspecified atom stereocenters. The van der Waals surface area contributed by atoms with Gasteiger partial charge in [-0.1, -0.05) is 0 Å². The van der Waals surface area contributed by atoms with Crippen molar-refractivity contribution in [2.75, 3.05) is 13.8 Å². The van der Waals surface area contributed by atoms with E-state index in [1.165, 1.54) is 0 Å². The van der Waals surface area contributed by atoms with Crippen molar-refractivity contribution in [1.82, 2.24) is 0 Å². The number of nitrogens with two attached hydrogens (primary N) is 1. The summed E-state index contributed by atoms with van der Waals surface area (Å²) in [7, 11) is 1.56. The minimum absolute atomic E-state index is 0. The maximum absolute atomic E-state index is 4.81. The van der Waals surface area contributed by atoms with Gasteiger partial charge < -0.3 is 11.9 Å². The van der Waals surface area contributed by atoms with Gasteiger partial charge in [-0.3, -0.25) is 0 Å². The fraction of sp³-hybridized carbons (Fsp3) is 1.00. The molecular weight excluding hydrogens is 61.0 g/mol. The third kappa shape index (κ3) is 12.4. The fourth-order valence-electron chi connectivity index (χ4n) is 0. The number of methoxy groups -OCH3 is 1. The first-order valence-electron chi connectivity index (χ1n) is 1.11. The predicted molar refractivity (Wildman–Crippen MR) is 17.2 cm³/mol. The van der Waals surface area contributed by atoms with Gasteiger partial charge >= 0.3 is 18.9 Å². The van der Waals surface area contributed by atoms with Crippen LogP contribution < -0.4 is 24.6 Å². The largest absolute Gasteiger partial charge is 1.00 e. The molecule has 0 aromatic heterocycles. The third-order valence-electron chi connectivity index (χ3n) is 0.167. The summed E-state index contributed by atoms with van der Waals surface area (Å²) in [4.78, 5) is 0. The van der Waals surface area contributed by atoms with Crippen LogP contribution in [0.5, 0.6) is 0 Å². The van der Waals surface area contributed by atoms with E-state index in [9.17, 15) is 0 Å². The molecule has 0 bridgehead atoms. The second kappa shape index (κ2) is 8.82. The van der Waals surface area contributed by atoms with Crippen LogP contribution in [-0.4, -0.2) is 13.8 Å². The quantitative estimate of drug-likeness (QED) is 0.258. The fourth-order valence-corrected chi connectivity index (χ4v) is 0. The molecule has 0 fully saturated rings. The summed E-state index contributed by atoms with van der Waals surface area (Å²) in [6.07, 6.45) is 0. The molecule has 0 spiro atoms. The number of ether oxygens (including phenoxy) is 1. The first-order chi connectivity index (χ1) is 1.91. The van der Waals surface area contributed by atoms with Gasteiger partial charge in [0, 0.05) is 7.11 Å². The molecule has 2 N–H and O–H groups in total. The van der Waals surface area contributed by atoms with Gasteiger partial charge in [0.05, 0.1) is 6.73 Å². The van der Waals surface area contributed by atoms with Gasteiger partial charge in [0.15, 0.2) is 0 Å². The maximum Gasteiger partial charge on any atom is 1.00 e. The van der Waals surface area contributed by atoms with Crippen LogP contribution in [0.4, 0.5) is 0 Å². The summed E-state index contributed by atoms with van der Waals surface area (Å²) in [6.45, 7) is 0.319. The van der Waals surface area contributed by atoms with Gasteiger partial charge in [0.1, 0.15) is 0 Å². The average Bonchev–Trinajstić information content (AvgIpc) is 1.37. The minimum Gasteiger partial charge on any atom is -1.00 e. The summed E-state index contributed by atoms with van der Waals surface area (Å²) in [6, 6.07) is 0. The van der Waals surface area contributed by atoms with Crippen molar-refractivity contribution in [3.8, 4) is 0 Å². The second-order valence-electron chi connectivity index (χ2n) is 0.455. The third-order valence-corrected chi connectivity index (χ3v) is 0.167. The van der Waals surface area contributed by atoms with Crippen LogP contribution in [-0.2, 0) is 4.74 Å². The van der Waals surface area contributed by atoms with Gasteiger partial charge in [-0.05, 0) is 0 Å². The molecule has 0 aliphatic rings. The molecule has 5 heavy (non-hydrogen) atoms. The van der Waals surface area contributed by atoms with E-state index >= 15 is 0 Å². The minimum atomic E-state index is 0. The zero-order valence-corrected chi connectivity index (χ0v) is 3.69. The zero-order chi connectivity index (χ0) is 3.41. The van der Waals surface area contributed by atoms with Gasteiger partial charge in [-0.2, -0.15) is 0 Å². The van der Waals surface area contributed by atoms with E-state index in [0.717, 1.165) is 0 Å². The summed E-state index contributed by atoms with van der Waals surface area (Å²) in [5.74, 6) is 0. The van der Waals surface area contributed by atoms with E-state index in [2.05, 4.69) is 4.74 Å². The van der Waals surface area contributed by atoms with Crippen LogP contribution in [0.1, 0.15) is 1.43 Å². The molecule has 28 valence electrons. The van der Waals surface area contributed by atoms with Gasteiger partial charge in [-0.15, -0.1) is 0 Å². The normalized spacial score (nSPS) is 6.00. The standard InChI is InChI=1S/C2H7NO.Li.H/c1-4-2-3;;/h2-3H2,1H3;;/q;+1;-1. The summed E-state index contributed by atoms with van der Waals surface area (Å²) in [5.41, 5.74) is 4.81. The monoisotopic (exact) mass is 69.1 g/mol. The molecule has 0 aromatic carbocycles. The van der Waals surface area contributed by atoms with E-state index < -0.39 is 0 Å². The van der Waals surface area contributed by atoms with Crippen molar-refractivity contribution in [2.45, 2.75) is 0 Å². The summed E-state index contributed by atoms with van der Waals surface area (Å²) in [5, 5.41) is 0. The second-order valence-corrected chi connectivity index (χ2v) is 0.455. The SMILES string of the molecule is COCN.[H-].[Li+]. The van der Waals surface area contributed by atoms with E-state index in [4.69, 9.17) is 5.73 Å². The smallest absolute Gasteiger partial charge is 1.00 e. The Morgan fingerprint density at radius 1 is 2.00 bits per heavy atom. The maximum atomic E-state index is 4.81. The molecule has 0 rings (SSSR count). The van der Waals surface area contributed by atoms with Crippen LogP contribution in [0.2, 0.25) is 0 Å². The van der Waals surface area contributed by atoms with E-state index in [0.29, 0.717) is 6.73 Å². The Morgan fingerprint density at radius 2 is 2.20 bits per heavy atom. The van der Waals surface area contributed by atoms with Crippen LogP contribution in [0.25, 0.3) is 0 Å². The van der Waals surface area contributed by atoms with Crippen molar-refractivity contribution in [3.63, 3.8) is 0 Å². The Morgan fingerprint density at radius 3 is 2.20 bits per heavy atom. The Labute approximate surface area is 45.3 Å². The molecular formula is C2H8LiNO. The van der Waals surface area contributed by atoms with Gasteiger partial charge in [0.2, 0.25) is 0 Å². The Kier molecular flexibility index (Phi) is 16.1. The van der Waals surface area contributed by atoms with Crippen LogP contribution >= 0.6 is 0 Å². The molecule has 0 aliphatic carbocycles. The molecule has 0 heterocycles. The molecule has 0 radical (unpaired) electrons. The molecule has 2 nitrogen and oxygen atoms in total. The average molecular weight is 69.0 g/mol. The Balaban J connectivity index is -0.0000000450. The first kappa shape index (κ1) is 9.10. The van der Waals surface area contributed by atoms with Crippen LogP contribution in [0, 0.1) is 0 Å². The van der Waals surface area contributed by atoms with Gasteiger partial charge in [0.25, 0.3) is 0 Å². The molecule has 0 aliphatic heterocycles. The molecule has 0 saturated heterocycles. The number of hydrogen-bond donors (Lipinski definition) is 1. The summed E-state index contributed by atoms with van der Waals surface area (Å²) >= 11 is 0. The predicted octanol–water partition coefficient (Wildman–Crippen LogP) is -3.33.